The fourth-order valence-electron chi connectivity index (χ4n) is 1.32. The summed E-state index contributed by atoms with van der Waals surface area (Å²) in [6.07, 6.45) is 0.381. The standard InChI is InChI=1S/C11H8FN3O/c12-10-2-1-3-11(9(10)8-16)15(6-4-13)7-5-14/h1-3,8H,6-7H2. The minimum Gasteiger partial charge on any atom is -0.344 e. The molecule has 0 heterocycles. The van der Waals surface area contributed by atoms with E-state index < -0.39 is 5.82 Å². The van der Waals surface area contributed by atoms with Crippen LogP contribution in [0.1, 0.15) is 10.4 Å². The molecule has 0 N–H and O–H groups in total. The van der Waals surface area contributed by atoms with Gasteiger partial charge in [0.1, 0.15) is 18.9 Å². The molecule has 1 aromatic rings. The molecule has 0 aliphatic heterocycles. The van der Waals surface area contributed by atoms with Crippen LogP contribution in [-0.4, -0.2) is 19.4 Å². The highest BCUT2D eigenvalue weighted by Gasteiger charge is 2.13. The molecule has 0 bridgehead atoms. The van der Waals surface area contributed by atoms with Gasteiger partial charge in [-0.05, 0) is 12.1 Å². The maximum atomic E-state index is 13.3. The van der Waals surface area contributed by atoms with E-state index in [2.05, 4.69) is 0 Å². The van der Waals surface area contributed by atoms with Gasteiger partial charge in [0, 0.05) is 0 Å². The molecule has 1 aromatic carbocycles. The lowest BCUT2D eigenvalue weighted by Crippen LogP contribution is -2.25. The van der Waals surface area contributed by atoms with Crippen molar-refractivity contribution in [2.24, 2.45) is 0 Å². The van der Waals surface area contributed by atoms with E-state index in [1.165, 1.54) is 17.0 Å². The highest BCUT2D eigenvalue weighted by atomic mass is 19.1. The number of anilines is 1. The third-order valence-corrected chi connectivity index (χ3v) is 2.01. The van der Waals surface area contributed by atoms with Gasteiger partial charge in [-0.25, -0.2) is 4.39 Å². The summed E-state index contributed by atoms with van der Waals surface area (Å²) in [7, 11) is 0. The lowest BCUT2D eigenvalue weighted by atomic mass is 10.1. The van der Waals surface area contributed by atoms with Crippen molar-refractivity contribution >= 4 is 12.0 Å². The second-order valence-electron chi connectivity index (χ2n) is 2.96. The summed E-state index contributed by atoms with van der Waals surface area (Å²) in [5.41, 5.74) is 0.131. The van der Waals surface area contributed by atoms with Crippen LogP contribution in [0.4, 0.5) is 10.1 Å². The van der Waals surface area contributed by atoms with Gasteiger partial charge >= 0.3 is 0 Å². The lowest BCUT2D eigenvalue weighted by molar-refractivity contribution is 0.112. The first kappa shape index (κ1) is 11.7. The summed E-state index contributed by atoms with van der Waals surface area (Å²) in [5, 5.41) is 17.1. The van der Waals surface area contributed by atoms with E-state index in [-0.39, 0.29) is 24.3 Å². The molecule has 4 nitrogen and oxygen atoms in total. The average molecular weight is 217 g/mol. The van der Waals surface area contributed by atoms with Crippen LogP contribution in [0, 0.1) is 28.5 Å². The number of nitriles is 2. The highest BCUT2D eigenvalue weighted by molar-refractivity contribution is 5.85. The molecule has 5 heteroatoms. The first-order valence-electron chi connectivity index (χ1n) is 4.47. The average Bonchev–Trinajstić information content (AvgIpc) is 2.28. The molecule has 1 rings (SSSR count). The van der Waals surface area contributed by atoms with Crippen molar-refractivity contribution in [2.45, 2.75) is 0 Å². The third-order valence-electron chi connectivity index (χ3n) is 2.01. The zero-order valence-electron chi connectivity index (χ0n) is 8.35. The van der Waals surface area contributed by atoms with Crippen LogP contribution in [0.25, 0.3) is 0 Å². The van der Waals surface area contributed by atoms with Gasteiger partial charge in [-0.2, -0.15) is 10.5 Å². The number of nitrogens with zero attached hydrogens (tertiary/aromatic N) is 3. The summed E-state index contributed by atoms with van der Waals surface area (Å²) in [6.45, 7) is -0.143. The molecule has 0 aromatic heterocycles. The largest absolute Gasteiger partial charge is 0.344 e. The summed E-state index contributed by atoms with van der Waals surface area (Å²) < 4.78 is 13.3. The lowest BCUT2D eigenvalue weighted by Gasteiger charge is -2.19. The summed E-state index contributed by atoms with van der Waals surface area (Å²) >= 11 is 0. The molecule has 0 saturated heterocycles. The van der Waals surface area contributed by atoms with E-state index in [1.54, 1.807) is 0 Å². The van der Waals surface area contributed by atoms with Crippen molar-refractivity contribution in [3.63, 3.8) is 0 Å². The summed E-state index contributed by atoms with van der Waals surface area (Å²) in [6, 6.07) is 7.80. The minimum atomic E-state index is -0.659. The number of hydrogen-bond acceptors (Lipinski definition) is 4. The van der Waals surface area contributed by atoms with E-state index in [9.17, 15) is 9.18 Å². The fraction of sp³-hybridized carbons (Fsp3) is 0.182. The Morgan fingerprint density at radius 3 is 2.44 bits per heavy atom. The summed E-state index contributed by atoms with van der Waals surface area (Å²) in [5.74, 6) is -0.659. The van der Waals surface area contributed by atoms with Crippen LogP contribution in [0.2, 0.25) is 0 Å². The molecular weight excluding hydrogens is 209 g/mol. The van der Waals surface area contributed by atoms with Crippen LogP contribution in [-0.2, 0) is 0 Å². The molecule has 0 aliphatic rings. The Morgan fingerprint density at radius 2 is 1.94 bits per heavy atom. The monoisotopic (exact) mass is 217 g/mol. The number of aldehydes is 1. The molecule has 16 heavy (non-hydrogen) atoms. The maximum absolute atomic E-state index is 13.3. The van der Waals surface area contributed by atoms with E-state index >= 15 is 0 Å². The smallest absolute Gasteiger partial charge is 0.155 e. The highest BCUT2D eigenvalue weighted by Crippen LogP contribution is 2.21. The van der Waals surface area contributed by atoms with Crippen LogP contribution >= 0.6 is 0 Å². The maximum Gasteiger partial charge on any atom is 0.155 e. The number of carbonyl (C=O) groups excluding carboxylic acids is 1. The minimum absolute atomic E-state index is 0.0716. The molecule has 0 fully saturated rings. The van der Waals surface area contributed by atoms with Gasteiger partial charge in [-0.15, -0.1) is 0 Å². The van der Waals surface area contributed by atoms with Gasteiger partial charge in [-0.1, -0.05) is 6.07 Å². The SMILES string of the molecule is N#CCN(CC#N)c1cccc(F)c1C=O. The molecule has 0 spiro atoms. The van der Waals surface area contributed by atoms with E-state index in [0.29, 0.717) is 6.29 Å². The second kappa shape index (κ2) is 5.47. The number of halogens is 1. The van der Waals surface area contributed by atoms with Crippen molar-refractivity contribution in [1.29, 1.82) is 10.5 Å². The van der Waals surface area contributed by atoms with Gasteiger partial charge in [0.2, 0.25) is 0 Å². The van der Waals surface area contributed by atoms with Crippen LogP contribution in [0.5, 0.6) is 0 Å². The molecule has 0 atom stereocenters. The number of benzene rings is 1. The molecule has 0 aliphatic carbocycles. The Kier molecular flexibility index (Phi) is 3.99. The van der Waals surface area contributed by atoms with Gasteiger partial charge < -0.3 is 4.90 Å². The van der Waals surface area contributed by atoms with Crippen molar-refractivity contribution in [2.75, 3.05) is 18.0 Å². The zero-order valence-corrected chi connectivity index (χ0v) is 8.35. The Labute approximate surface area is 92.1 Å². The van der Waals surface area contributed by atoms with Crippen molar-refractivity contribution in [3.8, 4) is 12.1 Å². The second-order valence-corrected chi connectivity index (χ2v) is 2.96. The van der Waals surface area contributed by atoms with Crippen molar-refractivity contribution in [3.05, 3.63) is 29.6 Å². The third kappa shape index (κ3) is 2.34. The van der Waals surface area contributed by atoms with Gasteiger partial charge in [-0.3, -0.25) is 4.79 Å². The number of rotatable bonds is 4. The fourth-order valence-corrected chi connectivity index (χ4v) is 1.32. The normalized spacial score (nSPS) is 8.94. The van der Waals surface area contributed by atoms with Gasteiger partial charge in [0.05, 0.1) is 23.4 Å². The molecule has 0 radical (unpaired) electrons. The predicted octanol–water partition coefficient (Wildman–Crippen LogP) is 1.49. The zero-order chi connectivity index (χ0) is 12.0. The molecule has 0 amide bonds. The van der Waals surface area contributed by atoms with E-state index in [0.717, 1.165) is 6.07 Å². The predicted molar refractivity (Wildman–Crippen MR) is 55.2 cm³/mol. The van der Waals surface area contributed by atoms with Crippen molar-refractivity contribution in [1.82, 2.24) is 0 Å². The van der Waals surface area contributed by atoms with E-state index in [4.69, 9.17) is 10.5 Å². The van der Waals surface area contributed by atoms with Crippen LogP contribution < -0.4 is 4.90 Å². The Hall–Kier alpha value is -2.40. The Bertz CT molecular complexity index is 457. The molecule has 80 valence electrons. The number of carbonyl (C=O) groups is 1. The Morgan fingerprint density at radius 1 is 1.31 bits per heavy atom. The molecule has 0 unspecified atom stereocenters. The van der Waals surface area contributed by atoms with Gasteiger partial charge in [0.25, 0.3) is 0 Å². The quantitative estimate of drug-likeness (QED) is 0.566. The number of hydrogen-bond donors (Lipinski definition) is 0. The molecule has 0 saturated carbocycles. The first-order valence-corrected chi connectivity index (χ1v) is 4.47. The van der Waals surface area contributed by atoms with Crippen LogP contribution in [0.15, 0.2) is 18.2 Å². The summed E-state index contributed by atoms with van der Waals surface area (Å²) in [4.78, 5) is 12.1. The van der Waals surface area contributed by atoms with Gasteiger partial charge in [0.15, 0.2) is 6.29 Å². The van der Waals surface area contributed by atoms with E-state index in [1.807, 2.05) is 12.1 Å². The Balaban J connectivity index is 3.19. The van der Waals surface area contributed by atoms with Crippen LogP contribution in [0.3, 0.4) is 0 Å². The molecular formula is C11H8FN3O. The van der Waals surface area contributed by atoms with Crippen molar-refractivity contribution < 1.29 is 9.18 Å². The topological polar surface area (TPSA) is 67.9 Å². The first-order chi connectivity index (χ1) is 7.74.